The van der Waals surface area contributed by atoms with E-state index < -0.39 is 0 Å². The first kappa shape index (κ1) is 15.1. The first-order valence-electron chi connectivity index (χ1n) is 5.79. The van der Waals surface area contributed by atoms with Gasteiger partial charge in [-0.25, -0.2) is 9.78 Å². The van der Waals surface area contributed by atoms with Crippen LogP contribution in [0.15, 0.2) is 33.6 Å². The van der Waals surface area contributed by atoms with E-state index in [4.69, 9.17) is 4.74 Å². The van der Waals surface area contributed by atoms with E-state index in [0.717, 1.165) is 14.6 Å². The number of aromatic nitrogens is 2. The smallest absolute Gasteiger partial charge is 0.340 e. The van der Waals surface area contributed by atoms with E-state index in [9.17, 15) is 4.79 Å². The van der Waals surface area contributed by atoms with E-state index in [1.807, 2.05) is 17.7 Å². The van der Waals surface area contributed by atoms with Gasteiger partial charge in [0.25, 0.3) is 0 Å². The molecule has 1 heterocycles. The summed E-state index contributed by atoms with van der Waals surface area (Å²) in [7, 11) is 3.28. The largest absolute Gasteiger partial charge is 0.465 e. The highest BCUT2D eigenvalue weighted by atomic mass is 79.9. The summed E-state index contributed by atoms with van der Waals surface area (Å²) >= 11 is 6.82. The summed E-state index contributed by atoms with van der Waals surface area (Å²) in [4.78, 5) is 15.9. The highest BCUT2D eigenvalue weighted by Crippen LogP contribution is 2.31. The summed E-state index contributed by atoms with van der Waals surface area (Å²) in [6.07, 6.45) is 3.51. The van der Waals surface area contributed by atoms with Gasteiger partial charge in [-0.1, -0.05) is 15.9 Å². The number of anilines is 1. The summed E-state index contributed by atoms with van der Waals surface area (Å²) in [6.45, 7) is 0.556. The molecule has 5 nitrogen and oxygen atoms in total. The Morgan fingerprint density at radius 3 is 2.80 bits per heavy atom. The van der Waals surface area contributed by atoms with Crippen LogP contribution in [0.5, 0.6) is 0 Å². The maximum Gasteiger partial charge on any atom is 0.340 e. The van der Waals surface area contributed by atoms with Crippen molar-refractivity contribution in [2.75, 3.05) is 12.4 Å². The normalized spacial score (nSPS) is 10.4. The highest BCUT2D eigenvalue weighted by Gasteiger charge is 2.16. The molecule has 0 aliphatic carbocycles. The molecule has 0 amide bonds. The van der Waals surface area contributed by atoms with Gasteiger partial charge < -0.3 is 14.6 Å². The van der Waals surface area contributed by atoms with Gasteiger partial charge in [-0.15, -0.1) is 0 Å². The van der Waals surface area contributed by atoms with Crippen LogP contribution in [0.4, 0.5) is 5.69 Å². The van der Waals surface area contributed by atoms with Gasteiger partial charge in [-0.2, -0.15) is 0 Å². The molecule has 7 heteroatoms. The number of hydrogen-bond acceptors (Lipinski definition) is 4. The molecule has 20 heavy (non-hydrogen) atoms. The molecular formula is C13H13Br2N3O2. The van der Waals surface area contributed by atoms with E-state index in [1.165, 1.54) is 7.11 Å². The third-order valence-electron chi connectivity index (χ3n) is 2.82. The zero-order chi connectivity index (χ0) is 14.7. The zero-order valence-corrected chi connectivity index (χ0v) is 14.2. The molecule has 2 aromatic rings. The van der Waals surface area contributed by atoms with Crippen LogP contribution >= 0.6 is 31.9 Å². The first-order valence-corrected chi connectivity index (χ1v) is 7.38. The number of ether oxygens (including phenoxy) is 1. The third kappa shape index (κ3) is 3.21. The summed E-state index contributed by atoms with van der Waals surface area (Å²) in [6, 6.07) is 3.60. The number of nitrogens with one attached hydrogen (secondary N) is 1. The topological polar surface area (TPSA) is 56.1 Å². The van der Waals surface area contributed by atoms with Crippen LogP contribution in [-0.2, 0) is 18.3 Å². The van der Waals surface area contributed by atoms with Crippen molar-refractivity contribution >= 4 is 43.5 Å². The van der Waals surface area contributed by atoms with Gasteiger partial charge in [0, 0.05) is 22.2 Å². The number of hydrogen-bond donors (Lipinski definition) is 1. The predicted octanol–water partition coefficient (Wildman–Crippen LogP) is 3.34. The molecular weight excluding hydrogens is 390 g/mol. The van der Waals surface area contributed by atoms with Crippen molar-refractivity contribution in [1.29, 1.82) is 0 Å². The van der Waals surface area contributed by atoms with Crippen molar-refractivity contribution in [1.82, 2.24) is 9.55 Å². The average molecular weight is 403 g/mol. The Hall–Kier alpha value is -1.34. The van der Waals surface area contributed by atoms with Gasteiger partial charge in [-0.05, 0) is 28.1 Å². The Morgan fingerprint density at radius 1 is 1.45 bits per heavy atom. The van der Waals surface area contributed by atoms with Gasteiger partial charge in [0.1, 0.15) is 0 Å². The number of halogens is 2. The lowest BCUT2D eigenvalue weighted by molar-refractivity contribution is 0.0601. The number of imidazole rings is 1. The second kappa shape index (κ2) is 6.41. The number of esters is 1. The Balaban J connectivity index is 2.30. The molecule has 0 bridgehead atoms. The minimum atomic E-state index is -0.389. The van der Waals surface area contributed by atoms with Crippen LogP contribution in [0.3, 0.4) is 0 Å². The number of carbonyl (C=O) groups is 1. The molecule has 0 saturated carbocycles. The van der Waals surface area contributed by atoms with Gasteiger partial charge in [-0.3, -0.25) is 0 Å². The third-order valence-corrected chi connectivity index (χ3v) is 3.91. The van der Waals surface area contributed by atoms with Gasteiger partial charge in [0.05, 0.1) is 36.9 Å². The molecule has 0 radical (unpaired) electrons. The molecule has 1 N–H and O–H groups in total. The number of aryl methyl sites for hydroxylation is 1. The fraction of sp³-hybridized carbons (Fsp3) is 0.231. The maximum absolute atomic E-state index is 11.8. The Bertz CT molecular complexity index is 641. The fourth-order valence-corrected chi connectivity index (χ4v) is 3.12. The van der Waals surface area contributed by atoms with Crippen molar-refractivity contribution in [3.05, 3.63) is 44.9 Å². The SMILES string of the molecule is COC(=O)c1cc(Br)cc(Br)c1NCc1cncn1C. The van der Waals surface area contributed by atoms with Gasteiger partial charge in [0.15, 0.2) is 0 Å². The molecule has 0 unspecified atom stereocenters. The lowest BCUT2D eigenvalue weighted by Crippen LogP contribution is -2.10. The minimum absolute atomic E-state index is 0.389. The highest BCUT2D eigenvalue weighted by molar-refractivity contribution is 9.11. The summed E-state index contributed by atoms with van der Waals surface area (Å²) in [5.41, 5.74) is 2.17. The van der Waals surface area contributed by atoms with E-state index >= 15 is 0 Å². The summed E-state index contributed by atoms with van der Waals surface area (Å²) < 4.78 is 8.31. The molecule has 2 rings (SSSR count). The van der Waals surface area contributed by atoms with Crippen LogP contribution in [0, 0.1) is 0 Å². The number of benzene rings is 1. The van der Waals surface area contributed by atoms with Crippen molar-refractivity contribution in [3.8, 4) is 0 Å². The molecule has 0 saturated heterocycles. The van der Waals surface area contributed by atoms with Crippen LogP contribution in [0.2, 0.25) is 0 Å². The molecule has 1 aromatic heterocycles. The maximum atomic E-state index is 11.8. The van der Waals surface area contributed by atoms with E-state index in [2.05, 4.69) is 42.2 Å². The predicted molar refractivity (Wildman–Crippen MR) is 83.7 cm³/mol. The molecule has 0 atom stereocenters. The second-order valence-corrected chi connectivity index (χ2v) is 5.92. The standard InChI is InChI=1S/C13H13Br2N3O2/c1-18-7-16-5-9(18)6-17-12-10(13(19)20-2)3-8(14)4-11(12)15/h3-5,7,17H,6H2,1-2H3. The number of methoxy groups -OCH3 is 1. The first-order chi connectivity index (χ1) is 9.52. The molecule has 0 fully saturated rings. The molecule has 0 aliphatic rings. The van der Waals surface area contributed by atoms with Crippen molar-refractivity contribution in [2.24, 2.45) is 7.05 Å². The summed E-state index contributed by atoms with van der Waals surface area (Å²) in [5.74, 6) is -0.389. The van der Waals surface area contributed by atoms with Crippen LogP contribution in [0.25, 0.3) is 0 Å². The average Bonchev–Trinajstić information content (AvgIpc) is 2.81. The fourth-order valence-electron chi connectivity index (χ4n) is 1.76. The lowest BCUT2D eigenvalue weighted by atomic mass is 10.1. The van der Waals surface area contributed by atoms with Crippen molar-refractivity contribution in [3.63, 3.8) is 0 Å². The second-order valence-electron chi connectivity index (χ2n) is 4.15. The molecule has 0 spiro atoms. The molecule has 106 valence electrons. The van der Waals surface area contributed by atoms with E-state index in [0.29, 0.717) is 17.8 Å². The van der Waals surface area contributed by atoms with Crippen LogP contribution in [0.1, 0.15) is 16.1 Å². The molecule has 0 aliphatic heterocycles. The number of carbonyl (C=O) groups excluding carboxylic acids is 1. The van der Waals surface area contributed by atoms with Crippen LogP contribution < -0.4 is 5.32 Å². The Morgan fingerprint density at radius 2 is 2.20 bits per heavy atom. The Kier molecular flexibility index (Phi) is 4.82. The van der Waals surface area contributed by atoms with Crippen LogP contribution in [-0.4, -0.2) is 22.6 Å². The Labute approximate surface area is 133 Å². The van der Waals surface area contributed by atoms with Crippen molar-refractivity contribution < 1.29 is 9.53 Å². The minimum Gasteiger partial charge on any atom is -0.465 e. The van der Waals surface area contributed by atoms with Gasteiger partial charge in [0.2, 0.25) is 0 Å². The van der Waals surface area contributed by atoms with E-state index in [1.54, 1.807) is 18.6 Å². The quantitative estimate of drug-likeness (QED) is 0.796. The van der Waals surface area contributed by atoms with Crippen molar-refractivity contribution in [2.45, 2.75) is 6.54 Å². The number of rotatable bonds is 4. The van der Waals surface area contributed by atoms with Gasteiger partial charge >= 0.3 is 5.97 Å². The van der Waals surface area contributed by atoms with E-state index in [-0.39, 0.29) is 5.97 Å². The number of nitrogens with zero attached hydrogens (tertiary/aromatic N) is 2. The summed E-state index contributed by atoms with van der Waals surface area (Å²) in [5, 5.41) is 3.24. The lowest BCUT2D eigenvalue weighted by Gasteiger charge is -2.13. The monoisotopic (exact) mass is 401 g/mol. The zero-order valence-electron chi connectivity index (χ0n) is 11.0. The molecule has 1 aromatic carbocycles.